The fourth-order valence-corrected chi connectivity index (χ4v) is 2.73. The van der Waals surface area contributed by atoms with Crippen LogP contribution in [-0.2, 0) is 4.79 Å². The summed E-state index contributed by atoms with van der Waals surface area (Å²) in [5, 5.41) is 0. The molecule has 20 heavy (non-hydrogen) atoms. The number of nitrogens with zero attached hydrogens (tertiary/aromatic N) is 1. The maximum atomic E-state index is 12.6. The van der Waals surface area contributed by atoms with Crippen LogP contribution in [0.1, 0.15) is 24.8 Å². The van der Waals surface area contributed by atoms with Crippen molar-refractivity contribution < 1.29 is 18.0 Å². The molecule has 3 nitrogen and oxygen atoms in total. The highest BCUT2D eigenvalue weighted by Gasteiger charge is 2.43. The van der Waals surface area contributed by atoms with E-state index >= 15 is 0 Å². The van der Waals surface area contributed by atoms with Crippen molar-refractivity contribution in [1.29, 1.82) is 0 Å². The topological polar surface area (TPSA) is 46.3 Å². The summed E-state index contributed by atoms with van der Waals surface area (Å²) in [6.07, 6.45) is -4.04. The Kier molecular flexibility index (Phi) is 4.04. The van der Waals surface area contributed by atoms with E-state index in [1.54, 1.807) is 6.92 Å². The number of piperidine rings is 1. The number of hydrogen-bond acceptors (Lipinski definition) is 2. The molecule has 0 spiro atoms. The maximum Gasteiger partial charge on any atom is 0.406 e. The van der Waals surface area contributed by atoms with Crippen molar-refractivity contribution in [3.05, 3.63) is 35.9 Å². The summed E-state index contributed by atoms with van der Waals surface area (Å²) in [4.78, 5) is 12.7. The van der Waals surface area contributed by atoms with Crippen molar-refractivity contribution in [2.75, 3.05) is 6.54 Å². The largest absolute Gasteiger partial charge is 0.406 e. The molecule has 1 aliphatic heterocycles. The van der Waals surface area contributed by atoms with Gasteiger partial charge < -0.3 is 10.6 Å². The van der Waals surface area contributed by atoms with Gasteiger partial charge in [-0.25, -0.2) is 0 Å². The van der Waals surface area contributed by atoms with E-state index in [0.29, 0.717) is 6.42 Å². The van der Waals surface area contributed by atoms with Gasteiger partial charge >= 0.3 is 6.18 Å². The number of halogens is 3. The van der Waals surface area contributed by atoms with Crippen LogP contribution < -0.4 is 5.73 Å². The summed E-state index contributed by atoms with van der Waals surface area (Å²) in [5.74, 6) is -0.798. The Balaban J connectivity index is 2.26. The van der Waals surface area contributed by atoms with Crippen LogP contribution in [0, 0.1) is 0 Å². The fourth-order valence-electron chi connectivity index (χ4n) is 2.73. The highest BCUT2D eigenvalue weighted by atomic mass is 19.4. The number of rotatable bonds is 2. The lowest BCUT2D eigenvalue weighted by atomic mass is 9.82. The predicted molar refractivity (Wildman–Crippen MR) is 69.0 cm³/mol. The molecule has 2 rings (SSSR count). The monoisotopic (exact) mass is 286 g/mol. The predicted octanol–water partition coefficient (Wildman–Crippen LogP) is 2.28. The van der Waals surface area contributed by atoms with Crippen LogP contribution in [0.3, 0.4) is 0 Å². The van der Waals surface area contributed by atoms with Crippen LogP contribution >= 0.6 is 0 Å². The number of amides is 1. The molecule has 1 aromatic carbocycles. The molecule has 0 radical (unpaired) electrons. The van der Waals surface area contributed by atoms with Crippen molar-refractivity contribution in [2.45, 2.75) is 37.5 Å². The molecule has 1 aliphatic rings. The van der Waals surface area contributed by atoms with E-state index in [-0.39, 0.29) is 5.92 Å². The van der Waals surface area contributed by atoms with E-state index in [1.165, 1.54) is 0 Å². The van der Waals surface area contributed by atoms with Gasteiger partial charge in [-0.1, -0.05) is 30.3 Å². The van der Waals surface area contributed by atoms with E-state index in [9.17, 15) is 18.0 Å². The van der Waals surface area contributed by atoms with Crippen LogP contribution in [-0.4, -0.2) is 35.6 Å². The summed E-state index contributed by atoms with van der Waals surface area (Å²) in [6.45, 7) is 0.400. The average Bonchev–Trinajstić information content (AvgIpc) is 2.39. The summed E-state index contributed by atoms with van der Waals surface area (Å²) >= 11 is 0. The zero-order valence-corrected chi connectivity index (χ0v) is 11.1. The maximum absolute atomic E-state index is 12.6. The molecular weight excluding hydrogens is 269 g/mol. The first-order chi connectivity index (χ1) is 9.29. The van der Waals surface area contributed by atoms with Gasteiger partial charge in [0.1, 0.15) is 6.54 Å². The lowest BCUT2D eigenvalue weighted by molar-refractivity contribution is -0.170. The zero-order valence-electron chi connectivity index (χ0n) is 11.1. The minimum Gasteiger partial charge on any atom is -0.329 e. The third kappa shape index (κ3) is 3.12. The standard InChI is InChI=1S/C14H17F3N2O/c1-9-11(10-5-3-2-4-6-10)7-12(18)13(20)19(9)8-14(15,16)17/h2-6,9,11-12H,7-8,18H2,1H3/t9-,11-,12?/m1/s1. The number of nitrogens with two attached hydrogens (primary N) is 1. The number of likely N-dealkylation sites (tertiary alicyclic amines) is 1. The molecule has 1 fully saturated rings. The molecule has 0 aliphatic carbocycles. The van der Waals surface area contributed by atoms with Crippen molar-refractivity contribution in [3.63, 3.8) is 0 Å². The number of carbonyl (C=O) groups excluding carboxylic acids is 1. The minimum absolute atomic E-state index is 0.175. The first-order valence-corrected chi connectivity index (χ1v) is 6.47. The summed E-state index contributed by atoms with van der Waals surface area (Å²) in [7, 11) is 0. The van der Waals surface area contributed by atoms with Gasteiger partial charge in [-0.15, -0.1) is 0 Å². The Morgan fingerprint density at radius 3 is 2.45 bits per heavy atom. The molecule has 6 heteroatoms. The molecule has 1 amide bonds. The molecule has 1 aromatic rings. The van der Waals surface area contributed by atoms with Gasteiger partial charge in [-0.05, 0) is 18.9 Å². The van der Waals surface area contributed by atoms with Gasteiger partial charge in [-0.3, -0.25) is 4.79 Å². The van der Waals surface area contributed by atoms with Crippen molar-refractivity contribution in [3.8, 4) is 0 Å². The molecular formula is C14H17F3N2O. The molecule has 0 aromatic heterocycles. The third-order valence-corrected chi connectivity index (χ3v) is 3.76. The second-order valence-corrected chi connectivity index (χ2v) is 5.18. The zero-order chi connectivity index (χ0) is 14.9. The van der Waals surface area contributed by atoms with Crippen LogP contribution in [0.25, 0.3) is 0 Å². The summed E-state index contributed by atoms with van der Waals surface area (Å²) in [6, 6.07) is 7.82. The van der Waals surface area contributed by atoms with Gasteiger partial charge in [0.2, 0.25) is 5.91 Å². The average molecular weight is 286 g/mol. The molecule has 1 saturated heterocycles. The summed E-state index contributed by atoms with van der Waals surface area (Å²) in [5.41, 5.74) is 6.63. The van der Waals surface area contributed by atoms with Crippen LogP contribution in [0.4, 0.5) is 13.2 Å². The number of benzene rings is 1. The second-order valence-electron chi connectivity index (χ2n) is 5.18. The first-order valence-electron chi connectivity index (χ1n) is 6.47. The van der Waals surface area contributed by atoms with Gasteiger partial charge in [-0.2, -0.15) is 13.2 Å². The lowest BCUT2D eigenvalue weighted by Gasteiger charge is -2.42. The highest BCUT2D eigenvalue weighted by molar-refractivity contribution is 5.83. The first kappa shape index (κ1) is 14.8. The molecule has 0 bridgehead atoms. The van der Waals surface area contributed by atoms with Crippen molar-refractivity contribution in [2.24, 2.45) is 5.73 Å². The smallest absolute Gasteiger partial charge is 0.329 e. The van der Waals surface area contributed by atoms with Crippen LogP contribution in [0.2, 0.25) is 0 Å². The van der Waals surface area contributed by atoms with Gasteiger partial charge in [0.25, 0.3) is 0 Å². The third-order valence-electron chi connectivity index (χ3n) is 3.76. The quantitative estimate of drug-likeness (QED) is 0.906. The fraction of sp³-hybridized carbons (Fsp3) is 0.500. The molecule has 110 valence electrons. The second kappa shape index (κ2) is 5.44. The molecule has 0 saturated carbocycles. The molecule has 1 heterocycles. The Bertz CT molecular complexity index is 475. The van der Waals surface area contributed by atoms with Crippen molar-refractivity contribution in [1.82, 2.24) is 4.90 Å². The van der Waals surface area contributed by atoms with Crippen LogP contribution in [0.15, 0.2) is 30.3 Å². The molecule has 3 atom stereocenters. The van der Waals surface area contributed by atoms with E-state index in [0.717, 1.165) is 10.5 Å². The van der Waals surface area contributed by atoms with Gasteiger partial charge in [0, 0.05) is 12.0 Å². The Hall–Kier alpha value is -1.56. The number of hydrogen-bond donors (Lipinski definition) is 1. The van der Waals surface area contributed by atoms with E-state index in [4.69, 9.17) is 5.73 Å². The van der Waals surface area contributed by atoms with E-state index in [1.807, 2.05) is 30.3 Å². The molecule has 1 unspecified atom stereocenters. The van der Waals surface area contributed by atoms with Crippen molar-refractivity contribution >= 4 is 5.91 Å². The minimum atomic E-state index is -4.41. The lowest BCUT2D eigenvalue weighted by Crippen LogP contribution is -2.57. The Morgan fingerprint density at radius 2 is 1.90 bits per heavy atom. The van der Waals surface area contributed by atoms with E-state index in [2.05, 4.69) is 0 Å². The molecule has 2 N–H and O–H groups in total. The van der Waals surface area contributed by atoms with Crippen LogP contribution in [0.5, 0.6) is 0 Å². The SMILES string of the molecule is C[C@@H]1[C@H](c2ccccc2)CC(N)C(=O)N1CC(F)(F)F. The van der Waals surface area contributed by atoms with Gasteiger partial charge in [0.05, 0.1) is 6.04 Å². The summed E-state index contributed by atoms with van der Waals surface area (Å²) < 4.78 is 37.8. The number of carbonyl (C=O) groups is 1. The Labute approximate surface area is 115 Å². The highest BCUT2D eigenvalue weighted by Crippen LogP contribution is 2.34. The van der Waals surface area contributed by atoms with E-state index < -0.39 is 30.7 Å². The normalized spacial score (nSPS) is 27.8. The Morgan fingerprint density at radius 1 is 1.30 bits per heavy atom. The number of alkyl halides is 3. The van der Waals surface area contributed by atoms with Gasteiger partial charge in [0.15, 0.2) is 0 Å².